The van der Waals surface area contributed by atoms with E-state index in [1.54, 1.807) is 12.1 Å². The molecule has 1 unspecified atom stereocenters. The molecular weight excluding hydrogens is 276 g/mol. The van der Waals surface area contributed by atoms with Crippen molar-refractivity contribution < 1.29 is 13.2 Å². The van der Waals surface area contributed by atoms with Gasteiger partial charge in [-0.25, -0.2) is 13.1 Å². The van der Waals surface area contributed by atoms with Crippen LogP contribution in [0.4, 0.5) is 5.69 Å². The van der Waals surface area contributed by atoms with Crippen LogP contribution in [0.25, 0.3) is 0 Å². The van der Waals surface area contributed by atoms with Crippen LogP contribution in [0, 0.1) is 5.92 Å². The van der Waals surface area contributed by atoms with Crippen molar-refractivity contribution in [3.05, 3.63) is 23.8 Å². The number of anilines is 1. The molecule has 0 saturated carbocycles. The zero-order valence-electron chi connectivity index (χ0n) is 11.4. The Morgan fingerprint density at radius 1 is 1.40 bits per heavy atom. The van der Waals surface area contributed by atoms with Gasteiger partial charge in [0.25, 0.3) is 0 Å². The SMILES string of the molecule is O=S(=O)(NCC1CCCOC1)c1ccc2c(c1)CCN2. The lowest BCUT2D eigenvalue weighted by Gasteiger charge is -2.22. The molecule has 2 aliphatic rings. The van der Waals surface area contributed by atoms with Gasteiger partial charge in [0.1, 0.15) is 0 Å². The first-order valence-corrected chi connectivity index (χ1v) is 8.58. The summed E-state index contributed by atoms with van der Waals surface area (Å²) in [5, 5.41) is 3.23. The number of hydrogen-bond acceptors (Lipinski definition) is 4. The molecule has 0 spiro atoms. The van der Waals surface area contributed by atoms with E-state index in [4.69, 9.17) is 4.74 Å². The van der Waals surface area contributed by atoms with Crippen LogP contribution in [0.15, 0.2) is 23.1 Å². The third kappa shape index (κ3) is 2.97. The molecule has 0 bridgehead atoms. The molecule has 1 atom stereocenters. The van der Waals surface area contributed by atoms with E-state index in [0.717, 1.165) is 43.7 Å². The molecule has 110 valence electrons. The van der Waals surface area contributed by atoms with Crippen molar-refractivity contribution in [3.63, 3.8) is 0 Å². The Balaban J connectivity index is 1.68. The lowest BCUT2D eigenvalue weighted by atomic mass is 10.0. The topological polar surface area (TPSA) is 67.4 Å². The van der Waals surface area contributed by atoms with Crippen molar-refractivity contribution >= 4 is 15.7 Å². The van der Waals surface area contributed by atoms with Crippen LogP contribution in [-0.4, -0.2) is 34.7 Å². The molecule has 0 radical (unpaired) electrons. The molecule has 2 aliphatic heterocycles. The summed E-state index contributed by atoms with van der Waals surface area (Å²) in [5.74, 6) is 0.287. The molecule has 1 saturated heterocycles. The first-order chi connectivity index (χ1) is 9.65. The van der Waals surface area contributed by atoms with Gasteiger partial charge >= 0.3 is 0 Å². The number of hydrogen-bond donors (Lipinski definition) is 2. The summed E-state index contributed by atoms with van der Waals surface area (Å²) < 4.78 is 32.7. The van der Waals surface area contributed by atoms with E-state index in [-0.39, 0.29) is 5.92 Å². The third-order valence-corrected chi connectivity index (χ3v) is 5.33. The van der Waals surface area contributed by atoms with E-state index in [9.17, 15) is 8.42 Å². The van der Waals surface area contributed by atoms with Gasteiger partial charge in [-0.3, -0.25) is 0 Å². The van der Waals surface area contributed by atoms with Crippen molar-refractivity contribution in [3.8, 4) is 0 Å². The van der Waals surface area contributed by atoms with Crippen LogP contribution in [0.3, 0.4) is 0 Å². The molecule has 6 heteroatoms. The number of nitrogens with one attached hydrogen (secondary N) is 2. The molecule has 20 heavy (non-hydrogen) atoms. The molecule has 5 nitrogen and oxygen atoms in total. The third-order valence-electron chi connectivity index (χ3n) is 3.91. The van der Waals surface area contributed by atoms with Gasteiger partial charge in [0.2, 0.25) is 10.0 Å². The Morgan fingerprint density at radius 2 is 2.30 bits per heavy atom. The van der Waals surface area contributed by atoms with E-state index in [0.29, 0.717) is 18.0 Å². The highest BCUT2D eigenvalue weighted by Gasteiger charge is 2.21. The van der Waals surface area contributed by atoms with Crippen LogP contribution in [0.2, 0.25) is 0 Å². The molecule has 3 rings (SSSR count). The van der Waals surface area contributed by atoms with Gasteiger partial charge in [-0.2, -0.15) is 0 Å². The van der Waals surface area contributed by atoms with E-state index in [1.807, 2.05) is 6.07 Å². The van der Waals surface area contributed by atoms with Crippen molar-refractivity contribution in [2.24, 2.45) is 5.92 Å². The monoisotopic (exact) mass is 296 g/mol. The van der Waals surface area contributed by atoms with Gasteiger partial charge in [-0.05, 0) is 48.9 Å². The number of sulfonamides is 1. The fourth-order valence-corrected chi connectivity index (χ4v) is 3.89. The lowest BCUT2D eigenvalue weighted by Crippen LogP contribution is -2.33. The summed E-state index contributed by atoms with van der Waals surface area (Å²) in [7, 11) is -3.41. The molecule has 1 aromatic carbocycles. The second-order valence-corrected chi connectivity index (χ2v) is 7.20. The molecule has 1 fully saturated rings. The molecule has 0 aromatic heterocycles. The Bertz CT molecular complexity index is 580. The Hall–Kier alpha value is -1.11. The summed E-state index contributed by atoms with van der Waals surface area (Å²) >= 11 is 0. The Morgan fingerprint density at radius 3 is 3.10 bits per heavy atom. The van der Waals surface area contributed by atoms with Crippen LogP contribution in [0.1, 0.15) is 18.4 Å². The second kappa shape index (κ2) is 5.71. The maximum absolute atomic E-state index is 12.3. The normalized spacial score (nSPS) is 22.3. The minimum atomic E-state index is -3.41. The van der Waals surface area contributed by atoms with Gasteiger partial charge in [-0.15, -0.1) is 0 Å². The van der Waals surface area contributed by atoms with E-state index in [1.165, 1.54) is 0 Å². The van der Waals surface area contributed by atoms with E-state index >= 15 is 0 Å². The van der Waals surface area contributed by atoms with Crippen LogP contribution in [-0.2, 0) is 21.2 Å². The summed E-state index contributed by atoms with van der Waals surface area (Å²) in [5.41, 5.74) is 2.12. The maximum atomic E-state index is 12.3. The van der Waals surface area contributed by atoms with Crippen LogP contribution in [0.5, 0.6) is 0 Å². The first kappa shape index (κ1) is 13.9. The minimum Gasteiger partial charge on any atom is -0.384 e. The largest absolute Gasteiger partial charge is 0.384 e. The molecule has 0 aliphatic carbocycles. The first-order valence-electron chi connectivity index (χ1n) is 7.09. The number of benzene rings is 1. The van der Waals surface area contributed by atoms with Crippen molar-refractivity contribution in [1.29, 1.82) is 0 Å². The summed E-state index contributed by atoms with van der Waals surface area (Å²) in [4.78, 5) is 0.358. The molecule has 1 aromatic rings. The number of fused-ring (bicyclic) bond motifs is 1. The molecule has 2 heterocycles. The summed E-state index contributed by atoms with van der Waals surface area (Å²) in [6, 6.07) is 5.28. The zero-order chi connectivity index (χ0) is 14.0. The second-order valence-electron chi connectivity index (χ2n) is 5.43. The standard InChI is InChI=1S/C14H20N2O3S/c17-20(18,16-9-11-2-1-7-19-10-11)13-3-4-14-12(8-13)5-6-15-14/h3-4,8,11,15-16H,1-2,5-7,9-10H2. The van der Waals surface area contributed by atoms with Gasteiger partial charge < -0.3 is 10.1 Å². The zero-order valence-corrected chi connectivity index (χ0v) is 12.2. The maximum Gasteiger partial charge on any atom is 0.240 e. The predicted molar refractivity (Wildman–Crippen MR) is 77.4 cm³/mol. The molecule has 0 amide bonds. The molecular formula is C14H20N2O3S. The minimum absolute atomic E-state index is 0.287. The van der Waals surface area contributed by atoms with Gasteiger partial charge in [0.05, 0.1) is 11.5 Å². The van der Waals surface area contributed by atoms with Gasteiger partial charge in [0.15, 0.2) is 0 Å². The molecule has 2 N–H and O–H groups in total. The average Bonchev–Trinajstić information content (AvgIpc) is 2.94. The van der Waals surface area contributed by atoms with Gasteiger partial charge in [-0.1, -0.05) is 0 Å². The Kier molecular flexibility index (Phi) is 3.96. The van der Waals surface area contributed by atoms with Crippen LogP contribution >= 0.6 is 0 Å². The van der Waals surface area contributed by atoms with Crippen LogP contribution < -0.4 is 10.0 Å². The van der Waals surface area contributed by atoms with Gasteiger partial charge in [0, 0.05) is 25.4 Å². The fraction of sp³-hybridized carbons (Fsp3) is 0.571. The quantitative estimate of drug-likeness (QED) is 0.880. The highest BCUT2D eigenvalue weighted by Crippen LogP contribution is 2.25. The number of rotatable bonds is 4. The van der Waals surface area contributed by atoms with E-state index < -0.39 is 10.0 Å². The average molecular weight is 296 g/mol. The van der Waals surface area contributed by atoms with Crippen molar-refractivity contribution in [2.75, 3.05) is 31.6 Å². The number of ether oxygens (including phenoxy) is 1. The highest BCUT2D eigenvalue weighted by atomic mass is 32.2. The van der Waals surface area contributed by atoms with Crippen molar-refractivity contribution in [2.45, 2.75) is 24.2 Å². The lowest BCUT2D eigenvalue weighted by molar-refractivity contribution is 0.0568. The summed E-state index contributed by atoms with van der Waals surface area (Å²) in [6.07, 6.45) is 2.92. The van der Waals surface area contributed by atoms with Crippen molar-refractivity contribution in [1.82, 2.24) is 4.72 Å². The van der Waals surface area contributed by atoms with E-state index in [2.05, 4.69) is 10.0 Å². The predicted octanol–water partition coefficient (Wildman–Crippen LogP) is 1.36. The fourth-order valence-electron chi connectivity index (χ4n) is 2.73. The smallest absolute Gasteiger partial charge is 0.240 e. The highest BCUT2D eigenvalue weighted by molar-refractivity contribution is 7.89. The summed E-state index contributed by atoms with van der Waals surface area (Å²) in [6.45, 7) is 2.78. The Labute approximate surface area is 119 Å².